The quantitative estimate of drug-likeness (QED) is 0.643. The molecule has 0 saturated heterocycles. The number of benzene rings is 2. The van der Waals surface area contributed by atoms with Gasteiger partial charge in [-0.2, -0.15) is 0 Å². The number of aromatic nitrogens is 1. The van der Waals surface area contributed by atoms with Gasteiger partial charge in [-0.1, -0.05) is 30.3 Å². The molecule has 27 heavy (non-hydrogen) atoms. The van der Waals surface area contributed by atoms with Gasteiger partial charge < -0.3 is 14.8 Å². The smallest absolute Gasteiger partial charge is 0.257 e. The summed E-state index contributed by atoms with van der Waals surface area (Å²) in [4.78, 5) is 16.6. The second-order valence-corrected chi connectivity index (χ2v) is 5.93. The number of rotatable bonds is 8. The van der Waals surface area contributed by atoms with E-state index in [4.69, 9.17) is 9.47 Å². The third kappa shape index (κ3) is 5.66. The monoisotopic (exact) mass is 362 g/mol. The minimum absolute atomic E-state index is 0.205. The van der Waals surface area contributed by atoms with E-state index in [1.165, 1.54) is 0 Å². The summed E-state index contributed by atoms with van der Waals surface area (Å²) < 4.78 is 11.0. The summed E-state index contributed by atoms with van der Waals surface area (Å²) in [5.41, 5.74) is 3.10. The molecule has 0 aliphatic carbocycles. The molecule has 1 amide bonds. The molecule has 1 heterocycles. The Morgan fingerprint density at radius 2 is 1.74 bits per heavy atom. The van der Waals surface area contributed by atoms with E-state index >= 15 is 0 Å². The Morgan fingerprint density at radius 3 is 2.41 bits per heavy atom. The molecule has 0 bridgehead atoms. The summed E-state index contributed by atoms with van der Waals surface area (Å²) in [6.45, 7) is 3.47. The molecule has 5 nitrogen and oxygen atoms in total. The fourth-order valence-corrected chi connectivity index (χ4v) is 2.50. The Morgan fingerprint density at radius 1 is 0.963 bits per heavy atom. The third-order valence-electron chi connectivity index (χ3n) is 3.87. The number of anilines is 1. The fourth-order valence-electron chi connectivity index (χ4n) is 2.50. The van der Waals surface area contributed by atoms with Crippen LogP contribution < -0.4 is 10.1 Å². The highest BCUT2D eigenvalue weighted by Gasteiger charge is 2.07. The Bertz CT molecular complexity index is 847. The average Bonchev–Trinajstić information content (AvgIpc) is 2.71. The molecule has 0 aliphatic rings. The second-order valence-electron chi connectivity index (χ2n) is 5.93. The summed E-state index contributed by atoms with van der Waals surface area (Å²) >= 11 is 0. The summed E-state index contributed by atoms with van der Waals surface area (Å²) in [7, 11) is 0. The zero-order valence-electron chi connectivity index (χ0n) is 15.2. The van der Waals surface area contributed by atoms with Crippen molar-refractivity contribution < 1.29 is 14.3 Å². The van der Waals surface area contributed by atoms with Gasteiger partial charge in [-0.15, -0.1) is 0 Å². The highest BCUT2D eigenvalue weighted by atomic mass is 16.5. The van der Waals surface area contributed by atoms with Crippen LogP contribution in [-0.2, 0) is 18.0 Å². The second kappa shape index (κ2) is 9.50. The lowest BCUT2D eigenvalue weighted by atomic mass is 10.2. The predicted octanol–water partition coefficient (Wildman–Crippen LogP) is 4.45. The van der Waals surface area contributed by atoms with Crippen molar-refractivity contribution in [3.63, 3.8) is 0 Å². The van der Waals surface area contributed by atoms with Crippen molar-refractivity contribution in [3.8, 4) is 5.75 Å². The minimum Gasteiger partial charge on any atom is -0.494 e. The molecular weight excluding hydrogens is 340 g/mol. The Balaban J connectivity index is 1.50. The van der Waals surface area contributed by atoms with Crippen LogP contribution in [0.25, 0.3) is 0 Å². The Labute approximate surface area is 159 Å². The van der Waals surface area contributed by atoms with Crippen molar-refractivity contribution in [1.82, 2.24) is 4.98 Å². The number of nitrogens with one attached hydrogen (secondary N) is 1. The summed E-state index contributed by atoms with van der Waals surface area (Å²) in [5.74, 6) is 0.570. The van der Waals surface area contributed by atoms with Gasteiger partial charge in [0, 0.05) is 11.9 Å². The first-order valence-electron chi connectivity index (χ1n) is 8.85. The lowest BCUT2D eigenvalue weighted by Crippen LogP contribution is -2.12. The van der Waals surface area contributed by atoms with Gasteiger partial charge in [0.1, 0.15) is 5.75 Å². The molecule has 3 aromatic rings. The third-order valence-corrected chi connectivity index (χ3v) is 3.87. The van der Waals surface area contributed by atoms with E-state index in [-0.39, 0.29) is 5.91 Å². The predicted molar refractivity (Wildman–Crippen MR) is 105 cm³/mol. The Hall–Kier alpha value is -3.18. The van der Waals surface area contributed by atoms with Gasteiger partial charge in [0.15, 0.2) is 0 Å². The van der Waals surface area contributed by atoms with Crippen molar-refractivity contribution >= 4 is 11.6 Å². The topological polar surface area (TPSA) is 60.5 Å². The van der Waals surface area contributed by atoms with Gasteiger partial charge in [-0.3, -0.25) is 9.78 Å². The number of ether oxygens (including phenoxy) is 2. The first-order valence-corrected chi connectivity index (χ1v) is 8.85. The molecule has 1 N–H and O–H groups in total. The number of amides is 1. The zero-order valence-corrected chi connectivity index (χ0v) is 15.2. The van der Waals surface area contributed by atoms with E-state index in [1.807, 2.05) is 61.5 Å². The molecule has 0 aliphatic heterocycles. The fraction of sp³-hybridized carbons (Fsp3) is 0.182. The molecular formula is C22H22N2O3. The van der Waals surface area contributed by atoms with Crippen LogP contribution in [0.4, 0.5) is 5.69 Å². The van der Waals surface area contributed by atoms with Gasteiger partial charge in [0.05, 0.1) is 31.1 Å². The standard InChI is InChI=1S/C22H22N2O3/c1-2-27-21-12-10-19(11-13-21)24-22(25)18-8-9-20(23-14-18)16-26-15-17-6-4-3-5-7-17/h3-14H,2,15-16H2,1H3,(H,24,25). The van der Waals surface area contributed by atoms with Crippen molar-refractivity contribution in [3.05, 3.63) is 89.7 Å². The van der Waals surface area contributed by atoms with Crippen LogP contribution in [0.1, 0.15) is 28.5 Å². The number of hydrogen-bond acceptors (Lipinski definition) is 4. The molecule has 0 saturated carbocycles. The summed E-state index contributed by atoms with van der Waals surface area (Å²) in [6.07, 6.45) is 1.56. The summed E-state index contributed by atoms with van der Waals surface area (Å²) in [5, 5.41) is 2.85. The normalized spacial score (nSPS) is 10.4. The SMILES string of the molecule is CCOc1ccc(NC(=O)c2ccc(COCc3ccccc3)nc2)cc1. The minimum atomic E-state index is -0.205. The van der Waals surface area contributed by atoms with E-state index in [2.05, 4.69) is 10.3 Å². The maximum absolute atomic E-state index is 12.3. The van der Waals surface area contributed by atoms with Gasteiger partial charge in [0.25, 0.3) is 5.91 Å². The summed E-state index contributed by atoms with van der Waals surface area (Å²) in [6, 6.07) is 20.8. The molecule has 0 unspecified atom stereocenters. The maximum Gasteiger partial charge on any atom is 0.257 e. The van der Waals surface area contributed by atoms with Gasteiger partial charge in [-0.25, -0.2) is 0 Å². The van der Waals surface area contributed by atoms with Gasteiger partial charge in [0.2, 0.25) is 0 Å². The van der Waals surface area contributed by atoms with E-state index in [1.54, 1.807) is 18.3 Å². The van der Waals surface area contributed by atoms with E-state index < -0.39 is 0 Å². The molecule has 138 valence electrons. The molecule has 0 atom stereocenters. The molecule has 5 heteroatoms. The first kappa shape index (κ1) is 18.6. The highest BCUT2D eigenvalue weighted by molar-refractivity contribution is 6.04. The van der Waals surface area contributed by atoms with E-state index in [0.29, 0.717) is 31.1 Å². The molecule has 3 rings (SSSR count). The Kier molecular flexibility index (Phi) is 6.55. The van der Waals surface area contributed by atoms with Crippen molar-refractivity contribution in [1.29, 1.82) is 0 Å². The highest BCUT2D eigenvalue weighted by Crippen LogP contribution is 2.16. The molecule has 0 fully saturated rings. The van der Waals surface area contributed by atoms with Gasteiger partial charge in [-0.05, 0) is 48.9 Å². The molecule has 1 aromatic heterocycles. The average molecular weight is 362 g/mol. The number of nitrogens with zero attached hydrogens (tertiary/aromatic N) is 1. The van der Waals surface area contributed by atoms with Crippen LogP contribution in [-0.4, -0.2) is 17.5 Å². The zero-order chi connectivity index (χ0) is 18.9. The van der Waals surface area contributed by atoms with Crippen molar-refractivity contribution in [2.45, 2.75) is 20.1 Å². The molecule has 2 aromatic carbocycles. The number of pyridine rings is 1. The van der Waals surface area contributed by atoms with Crippen molar-refractivity contribution in [2.24, 2.45) is 0 Å². The lowest BCUT2D eigenvalue weighted by Gasteiger charge is -2.08. The first-order chi connectivity index (χ1) is 13.2. The van der Waals surface area contributed by atoms with Crippen LogP contribution >= 0.6 is 0 Å². The van der Waals surface area contributed by atoms with Crippen LogP contribution in [0, 0.1) is 0 Å². The van der Waals surface area contributed by atoms with Crippen LogP contribution in [0.15, 0.2) is 72.9 Å². The van der Waals surface area contributed by atoms with Crippen LogP contribution in [0.2, 0.25) is 0 Å². The lowest BCUT2D eigenvalue weighted by molar-refractivity contribution is 0.102. The molecule has 0 spiro atoms. The van der Waals surface area contributed by atoms with Gasteiger partial charge >= 0.3 is 0 Å². The van der Waals surface area contributed by atoms with Crippen LogP contribution in [0.5, 0.6) is 5.75 Å². The maximum atomic E-state index is 12.3. The van der Waals surface area contributed by atoms with Crippen molar-refractivity contribution in [2.75, 3.05) is 11.9 Å². The number of carbonyl (C=O) groups is 1. The number of hydrogen-bond donors (Lipinski definition) is 1. The van der Waals surface area contributed by atoms with E-state index in [9.17, 15) is 4.79 Å². The largest absolute Gasteiger partial charge is 0.494 e. The van der Waals surface area contributed by atoms with E-state index in [0.717, 1.165) is 17.0 Å². The molecule has 0 radical (unpaired) electrons. The number of carbonyl (C=O) groups excluding carboxylic acids is 1. The van der Waals surface area contributed by atoms with Crippen LogP contribution in [0.3, 0.4) is 0 Å².